The Balaban J connectivity index is 1.50. The molecule has 4 rings (SSSR count). The van der Waals surface area contributed by atoms with E-state index in [-0.39, 0.29) is 17.7 Å². The number of rotatable bonds is 4. The minimum absolute atomic E-state index is 0.0310. The maximum atomic E-state index is 13.4. The standard InChI is InChI=1S/C20H18F3N7O/c21-20(22,23)15-11-17(29-18(27-15)13-4-8-24-9-5-13)30-10-6-14(12-30)26-19(31)28-16-3-1-2-7-25-16/h1-5,7-9,11,14H,6,10,12H2,(H2,25,26,28,31). The fourth-order valence-electron chi connectivity index (χ4n) is 3.23. The molecule has 3 aromatic rings. The Morgan fingerprint density at radius 1 is 1.10 bits per heavy atom. The van der Waals surface area contributed by atoms with Gasteiger partial charge in [0.05, 0.1) is 0 Å². The van der Waals surface area contributed by atoms with Crippen LogP contribution in [0.1, 0.15) is 12.1 Å². The van der Waals surface area contributed by atoms with Gasteiger partial charge in [-0.2, -0.15) is 13.2 Å². The zero-order chi connectivity index (χ0) is 21.8. The summed E-state index contributed by atoms with van der Waals surface area (Å²) in [6.07, 6.45) is 0.439. The van der Waals surface area contributed by atoms with Gasteiger partial charge in [0.15, 0.2) is 11.5 Å². The molecule has 3 aromatic heterocycles. The van der Waals surface area contributed by atoms with Crippen LogP contribution in [0.4, 0.5) is 29.6 Å². The SMILES string of the molecule is O=C(Nc1ccccn1)NC1CCN(c2cc(C(F)(F)F)nc(-c3ccncc3)n2)C1. The van der Waals surface area contributed by atoms with Crippen LogP contribution in [0.2, 0.25) is 0 Å². The van der Waals surface area contributed by atoms with Crippen LogP contribution in [0.15, 0.2) is 55.0 Å². The molecule has 31 heavy (non-hydrogen) atoms. The van der Waals surface area contributed by atoms with Crippen molar-refractivity contribution in [3.8, 4) is 11.4 Å². The molecule has 0 spiro atoms. The molecule has 0 radical (unpaired) electrons. The van der Waals surface area contributed by atoms with E-state index >= 15 is 0 Å². The van der Waals surface area contributed by atoms with Crippen LogP contribution in [-0.2, 0) is 6.18 Å². The van der Waals surface area contributed by atoms with E-state index in [0.29, 0.717) is 30.9 Å². The number of urea groups is 1. The number of carbonyl (C=O) groups is 1. The van der Waals surface area contributed by atoms with Crippen molar-refractivity contribution in [1.29, 1.82) is 0 Å². The third kappa shape index (κ3) is 5.05. The van der Waals surface area contributed by atoms with Gasteiger partial charge in [-0.25, -0.2) is 19.7 Å². The Kier molecular flexibility index (Phi) is 5.65. The summed E-state index contributed by atoms with van der Waals surface area (Å²) >= 11 is 0. The third-order valence-electron chi connectivity index (χ3n) is 4.70. The number of halogens is 3. The summed E-state index contributed by atoms with van der Waals surface area (Å²) in [6.45, 7) is 0.762. The lowest BCUT2D eigenvalue weighted by molar-refractivity contribution is -0.141. The molecule has 1 fully saturated rings. The lowest BCUT2D eigenvalue weighted by atomic mass is 10.2. The molecule has 1 aliphatic heterocycles. The number of pyridine rings is 2. The second kappa shape index (κ2) is 8.54. The minimum Gasteiger partial charge on any atom is -0.354 e. The van der Waals surface area contributed by atoms with Gasteiger partial charge in [0.25, 0.3) is 0 Å². The molecule has 11 heteroatoms. The molecule has 0 saturated carbocycles. The number of hydrogen-bond donors (Lipinski definition) is 2. The van der Waals surface area contributed by atoms with Gasteiger partial charge < -0.3 is 10.2 Å². The topological polar surface area (TPSA) is 95.9 Å². The molecule has 1 atom stereocenters. The van der Waals surface area contributed by atoms with E-state index in [1.54, 1.807) is 41.4 Å². The lowest BCUT2D eigenvalue weighted by Gasteiger charge is -2.20. The van der Waals surface area contributed by atoms with E-state index in [1.807, 2.05) is 0 Å². The van der Waals surface area contributed by atoms with Crippen LogP contribution in [0.25, 0.3) is 11.4 Å². The summed E-state index contributed by atoms with van der Waals surface area (Å²) in [7, 11) is 0. The second-order valence-electron chi connectivity index (χ2n) is 6.91. The van der Waals surface area contributed by atoms with E-state index in [0.717, 1.165) is 6.07 Å². The Hall–Kier alpha value is -3.76. The van der Waals surface area contributed by atoms with Crippen molar-refractivity contribution < 1.29 is 18.0 Å². The summed E-state index contributed by atoms with van der Waals surface area (Å²) in [5.41, 5.74) is -0.584. The highest BCUT2D eigenvalue weighted by molar-refractivity contribution is 5.88. The molecule has 2 amide bonds. The van der Waals surface area contributed by atoms with Crippen LogP contribution in [0, 0.1) is 0 Å². The summed E-state index contributed by atoms with van der Waals surface area (Å²) in [6, 6.07) is 8.48. The Morgan fingerprint density at radius 3 is 2.61 bits per heavy atom. The van der Waals surface area contributed by atoms with E-state index in [1.165, 1.54) is 12.4 Å². The highest BCUT2D eigenvalue weighted by atomic mass is 19.4. The number of aromatic nitrogens is 4. The average Bonchev–Trinajstić information content (AvgIpc) is 3.22. The maximum Gasteiger partial charge on any atom is 0.433 e. The number of alkyl halides is 3. The summed E-state index contributed by atoms with van der Waals surface area (Å²) in [5.74, 6) is 0.530. The predicted molar refractivity (Wildman–Crippen MR) is 107 cm³/mol. The van der Waals surface area contributed by atoms with E-state index in [4.69, 9.17) is 0 Å². The fraction of sp³-hybridized carbons (Fsp3) is 0.250. The van der Waals surface area contributed by atoms with Gasteiger partial charge in [0.2, 0.25) is 0 Å². The Bertz CT molecular complexity index is 1050. The van der Waals surface area contributed by atoms with Crippen LogP contribution in [-0.4, -0.2) is 45.1 Å². The zero-order valence-corrected chi connectivity index (χ0v) is 16.2. The van der Waals surface area contributed by atoms with Gasteiger partial charge in [-0.05, 0) is 30.7 Å². The summed E-state index contributed by atoms with van der Waals surface area (Å²) < 4.78 is 40.2. The Labute approximate surface area is 175 Å². The molecular formula is C20H18F3N7O. The molecule has 0 aromatic carbocycles. The number of nitrogens with zero attached hydrogens (tertiary/aromatic N) is 5. The molecule has 0 aliphatic carbocycles. The number of carbonyl (C=O) groups excluding carboxylic acids is 1. The first-order valence-electron chi connectivity index (χ1n) is 9.48. The molecule has 160 valence electrons. The minimum atomic E-state index is -4.61. The molecular weight excluding hydrogens is 411 g/mol. The number of nitrogens with one attached hydrogen (secondary N) is 2. The van der Waals surface area contributed by atoms with Crippen LogP contribution in [0.3, 0.4) is 0 Å². The fourth-order valence-corrected chi connectivity index (χ4v) is 3.23. The second-order valence-corrected chi connectivity index (χ2v) is 6.91. The predicted octanol–water partition coefficient (Wildman–Crippen LogP) is 3.35. The van der Waals surface area contributed by atoms with E-state index < -0.39 is 17.9 Å². The van der Waals surface area contributed by atoms with Crippen LogP contribution < -0.4 is 15.5 Å². The molecule has 1 aliphatic rings. The largest absolute Gasteiger partial charge is 0.433 e. The zero-order valence-electron chi connectivity index (χ0n) is 16.2. The first-order valence-corrected chi connectivity index (χ1v) is 9.48. The van der Waals surface area contributed by atoms with Crippen molar-refractivity contribution in [2.24, 2.45) is 0 Å². The lowest BCUT2D eigenvalue weighted by Crippen LogP contribution is -2.40. The van der Waals surface area contributed by atoms with Crippen molar-refractivity contribution in [3.63, 3.8) is 0 Å². The van der Waals surface area contributed by atoms with E-state index in [9.17, 15) is 18.0 Å². The molecule has 0 bridgehead atoms. The van der Waals surface area contributed by atoms with Gasteiger partial charge in [0, 0.05) is 49.4 Å². The maximum absolute atomic E-state index is 13.4. The normalized spacial score (nSPS) is 16.2. The first-order chi connectivity index (χ1) is 14.9. The number of anilines is 2. The van der Waals surface area contributed by atoms with Gasteiger partial charge in [-0.1, -0.05) is 6.07 Å². The summed E-state index contributed by atoms with van der Waals surface area (Å²) in [4.78, 5) is 29.8. The van der Waals surface area contributed by atoms with Crippen molar-refractivity contribution in [2.45, 2.75) is 18.6 Å². The molecule has 1 unspecified atom stereocenters. The molecule has 2 N–H and O–H groups in total. The monoisotopic (exact) mass is 429 g/mol. The van der Waals surface area contributed by atoms with Crippen molar-refractivity contribution in [3.05, 3.63) is 60.7 Å². The van der Waals surface area contributed by atoms with Crippen molar-refractivity contribution in [1.82, 2.24) is 25.3 Å². The smallest absolute Gasteiger partial charge is 0.354 e. The Morgan fingerprint density at radius 2 is 1.90 bits per heavy atom. The third-order valence-corrected chi connectivity index (χ3v) is 4.70. The molecule has 1 saturated heterocycles. The van der Waals surface area contributed by atoms with Crippen molar-refractivity contribution >= 4 is 17.7 Å². The number of hydrogen-bond acceptors (Lipinski definition) is 6. The highest BCUT2D eigenvalue weighted by Gasteiger charge is 2.35. The van der Waals surface area contributed by atoms with Gasteiger partial charge in [-0.3, -0.25) is 10.3 Å². The molecule has 8 nitrogen and oxygen atoms in total. The summed E-state index contributed by atoms with van der Waals surface area (Å²) in [5, 5.41) is 5.44. The van der Waals surface area contributed by atoms with Gasteiger partial charge in [0.1, 0.15) is 11.6 Å². The van der Waals surface area contributed by atoms with Gasteiger partial charge >= 0.3 is 12.2 Å². The molecule has 4 heterocycles. The highest BCUT2D eigenvalue weighted by Crippen LogP contribution is 2.32. The average molecular weight is 429 g/mol. The van der Waals surface area contributed by atoms with Crippen LogP contribution in [0.5, 0.6) is 0 Å². The van der Waals surface area contributed by atoms with E-state index in [2.05, 4.69) is 30.6 Å². The van der Waals surface area contributed by atoms with Crippen molar-refractivity contribution in [2.75, 3.05) is 23.3 Å². The van der Waals surface area contributed by atoms with Gasteiger partial charge in [-0.15, -0.1) is 0 Å². The first kappa shape index (κ1) is 20.5. The van der Waals surface area contributed by atoms with Crippen LogP contribution >= 0.6 is 0 Å². The quantitative estimate of drug-likeness (QED) is 0.660. The number of amides is 2.